The molecule has 3 aromatic rings. The molecular formula is C25H27N7O2. The number of benzene rings is 2. The molecule has 0 bridgehead atoms. The smallest absolute Gasteiger partial charge is 0.255 e. The van der Waals surface area contributed by atoms with Crippen molar-refractivity contribution >= 4 is 23.2 Å². The van der Waals surface area contributed by atoms with Gasteiger partial charge in [0.15, 0.2) is 0 Å². The molecule has 4 rings (SSSR count). The van der Waals surface area contributed by atoms with E-state index < -0.39 is 5.91 Å². The number of aryl methyl sites for hydroxylation is 2. The minimum atomic E-state index is -0.678. The summed E-state index contributed by atoms with van der Waals surface area (Å²) in [6.45, 7) is 5.44. The number of ether oxygens (including phenoxy) is 1. The van der Waals surface area contributed by atoms with E-state index >= 15 is 0 Å². The zero-order chi connectivity index (χ0) is 24.2. The first kappa shape index (κ1) is 22.9. The van der Waals surface area contributed by atoms with E-state index in [4.69, 9.17) is 16.2 Å². The van der Waals surface area contributed by atoms with E-state index in [0.717, 1.165) is 48.4 Å². The predicted octanol–water partition coefficient (Wildman–Crippen LogP) is 3.52. The zero-order valence-corrected chi connectivity index (χ0v) is 19.2. The fourth-order valence-electron chi connectivity index (χ4n) is 4.10. The molecule has 1 saturated heterocycles. The molecule has 1 amide bonds. The second-order valence-electron chi connectivity index (χ2n) is 8.43. The molecule has 9 nitrogen and oxygen atoms in total. The Morgan fingerprint density at radius 2 is 1.82 bits per heavy atom. The Morgan fingerprint density at radius 3 is 2.41 bits per heavy atom. The van der Waals surface area contributed by atoms with Gasteiger partial charge in [-0.15, -0.1) is 0 Å². The fraction of sp³-hybridized carbons (Fsp3) is 0.280. The largest absolute Gasteiger partial charge is 0.437 e. The maximum Gasteiger partial charge on any atom is 0.255 e. The molecule has 1 aliphatic rings. The van der Waals surface area contributed by atoms with Gasteiger partial charge in [-0.25, -0.2) is 4.98 Å². The predicted molar refractivity (Wildman–Crippen MR) is 131 cm³/mol. The van der Waals surface area contributed by atoms with Gasteiger partial charge in [-0.2, -0.15) is 10.2 Å². The van der Waals surface area contributed by atoms with Gasteiger partial charge in [0, 0.05) is 36.7 Å². The van der Waals surface area contributed by atoms with Crippen LogP contribution in [0.5, 0.6) is 11.6 Å². The van der Waals surface area contributed by atoms with E-state index in [1.54, 1.807) is 12.1 Å². The number of nitrogen functional groups attached to an aromatic ring is 1. The average Bonchev–Trinajstić information content (AvgIpc) is 2.82. The normalized spacial score (nSPS) is 13.9. The molecule has 1 fully saturated rings. The minimum Gasteiger partial charge on any atom is -0.437 e. The minimum absolute atomic E-state index is 0.0835. The number of nitrogens with zero attached hydrogens (tertiary/aromatic N) is 4. The van der Waals surface area contributed by atoms with Gasteiger partial charge in [-0.1, -0.05) is 0 Å². The standard InChI is InChI=1S/C25H27N7O2/c1-15-11-17(13-26)12-16(2)22(15)34-24-21(23(28)33)14-29-25(31-24)30-19-7-9-32(10-8-19)20-5-3-18(27)4-6-20/h3-6,11-12,14,19H,7-10,27H2,1-2H3,(H2,28,33)(H,29,30,31). The number of primary amides is 1. The van der Waals surface area contributed by atoms with Crippen molar-refractivity contribution in [2.24, 2.45) is 5.73 Å². The summed E-state index contributed by atoms with van der Waals surface area (Å²) in [4.78, 5) is 23.0. The highest BCUT2D eigenvalue weighted by Gasteiger charge is 2.22. The van der Waals surface area contributed by atoms with Crippen LogP contribution in [0.15, 0.2) is 42.6 Å². The van der Waals surface area contributed by atoms with Gasteiger partial charge in [0.2, 0.25) is 11.8 Å². The molecule has 0 unspecified atom stereocenters. The quantitative estimate of drug-likeness (QED) is 0.477. The number of nitriles is 1. The lowest BCUT2D eigenvalue weighted by Crippen LogP contribution is -2.39. The molecule has 0 spiro atoms. The van der Waals surface area contributed by atoms with E-state index in [0.29, 0.717) is 17.3 Å². The number of amides is 1. The lowest BCUT2D eigenvalue weighted by atomic mass is 10.0. The van der Waals surface area contributed by atoms with E-state index in [2.05, 4.69) is 26.3 Å². The van der Waals surface area contributed by atoms with Crippen molar-refractivity contribution in [2.45, 2.75) is 32.7 Å². The Morgan fingerprint density at radius 1 is 1.18 bits per heavy atom. The van der Waals surface area contributed by atoms with Gasteiger partial charge in [0.25, 0.3) is 5.91 Å². The number of piperidine rings is 1. The zero-order valence-electron chi connectivity index (χ0n) is 19.2. The Balaban J connectivity index is 1.49. The Kier molecular flexibility index (Phi) is 6.50. The van der Waals surface area contributed by atoms with Crippen molar-refractivity contribution < 1.29 is 9.53 Å². The Labute approximate surface area is 198 Å². The molecule has 0 aliphatic carbocycles. The number of rotatable bonds is 6. The van der Waals surface area contributed by atoms with E-state index in [9.17, 15) is 10.1 Å². The van der Waals surface area contributed by atoms with E-state index in [-0.39, 0.29) is 17.5 Å². The van der Waals surface area contributed by atoms with Crippen LogP contribution < -0.4 is 26.4 Å². The lowest BCUT2D eigenvalue weighted by molar-refractivity contribution is 0.0997. The third-order valence-electron chi connectivity index (χ3n) is 5.89. The summed E-state index contributed by atoms with van der Waals surface area (Å²) in [6, 6.07) is 13.6. The molecule has 0 atom stereocenters. The number of hydrogen-bond donors (Lipinski definition) is 3. The molecule has 34 heavy (non-hydrogen) atoms. The third kappa shape index (κ3) is 5.02. The van der Waals surface area contributed by atoms with Crippen LogP contribution >= 0.6 is 0 Å². The highest BCUT2D eigenvalue weighted by atomic mass is 16.5. The van der Waals surface area contributed by atoms with Crippen LogP contribution in [0.25, 0.3) is 0 Å². The van der Waals surface area contributed by atoms with E-state index in [1.165, 1.54) is 6.20 Å². The first-order valence-electron chi connectivity index (χ1n) is 11.1. The molecule has 2 heterocycles. The number of hydrogen-bond acceptors (Lipinski definition) is 8. The lowest BCUT2D eigenvalue weighted by Gasteiger charge is -2.34. The summed E-state index contributed by atoms with van der Waals surface area (Å²) >= 11 is 0. The first-order valence-corrected chi connectivity index (χ1v) is 11.1. The highest BCUT2D eigenvalue weighted by Crippen LogP contribution is 2.31. The van der Waals surface area contributed by atoms with Crippen LogP contribution in [0.4, 0.5) is 17.3 Å². The number of carbonyl (C=O) groups is 1. The fourth-order valence-corrected chi connectivity index (χ4v) is 4.10. The van der Waals surface area contributed by atoms with Gasteiger partial charge in [0.1, 0.15) is 11.3 Å². The summed E-state index contributed by atoms with van der Waals surface area (Å²) in [5.74, 6) is 0.306. The topological polar surface area (TPSA) is 143 Å². The molecule has 1 aliphatic heterocycles. The molecule has 174 valence electrons. The summed E-state index contributed by atoms with van der Waals surface area (Å²) in [5, 5.41) is 12.5. The monoisotopic (exact) mass is 457 g/mol. The maximum absolute atomic E-state index is 12.0. The van der Waals surface area contributed by atoms with Gasteiger partial charge < -0.3 is 26.4 Å². The van der Waals surface area contributed by atoms with Crippen LogP contribution in [0.2, 0.25) is 0 Å². The number of anilines is 3. The molecule has 0 saturated carbocycles. The Bertz CT molecular complexity index is 1220. The second-order valence-corrected chi connectivity index (χ2v) is 8.43. The summed E-state index contributed by atoms with van der Waals surface area (Å²) < 4.78 is 6.03. The van der Waals surface area contributed by atoms with Crippen LogP contribution in [0.1, 0.15) is 39.9 Å². The molecule has 9 heteroatoms. The van der Waals surface area contributed by atoms with E-state index in [1.807, 2.05) is 38.1 Å². The average molecular weight is 458 g/mol. The third-order valence-corrected chi connectivity index (χ3v) is 5.89. The number of aromatic nitrogens is 2. The van der Waals surface area contributed by atoms with Crippen LogP contribution in [0, 0.1) is 25.2 Å². The van der Waals surface area contributed by atoms with Gasteiger partial charge in [-0.3, -0.25) is 4.79 Å². The Hall–Kier alpha value is -4.32. The number of nitrogens with one attached hydrogen (secondary N) is 1. The van der Waals surface area contributed by atoms with Gasteiger partial charge in [0.05, 0.1) is 11.6 Å². The highest BCUT2D eigenvalue weighted by molar-refractivity contribution is 5.95. The van der Waals surface area contributed by atoms with Crippen molar-refractivity contribution in [1.82, 2.24) is 9.97 Å². The van der Waals surface area contributed by atoms with Crippen LogP contribution in [-0.2, 0) is 0 Å². The first-order chi connectivity index (χ1) is 16.3. The van der Waals surface area contributed by atoms with Crippen molar-refractivity contribution in [3.8, 4) is 17.7 Å². The summed E-state index contributed by atoms with van der Waals surface area (Å²) in [6.07, 6.45) is 3.18. The number of nitrogens with two attached hydrogens (primary N) is 2. The van der Waals surface area contributed by atoms with Crippen molar-refractivity contribution in [3.05, 3.63) is 64.8 Å². The van der Waals surface area contributed by atoms with Crippen LogP contribution in [0.3, 0.4) is 0 Å². The van der Waals surface area contributed by atoms with Crippen LogP contribution in [-0.4, -0.2) is 35.0 Å². The summed E-state index contributed by atoms with van der Waals surface area (Å²) in [5.41, 5.74) is 15.4. The molecule has 1 aromatic heterocycles. The van der Waals surface area contributed by atoms with Crippen molar-refractivity contribution in [2.75, 3.05) is 29.0 Å². The molecule has 2 aromatic carbocycles. The van der Waals surface area contributed by atoms with Gasteiger partial charge >= 0.3 is 0 Å². The molecular weight excluding hydrogens is 430 g/mol. The van der Waals surface area contributed by atoms with Crippen molar-refractivity contribution in [3.63, 3.8) is 0 Å². The maximum atomic E-state index is 12.0. The van der Waals surface area contributed by atoms with Gasteiger partial charge in [-0.05, 0) is 74.2 Å². The summed E-state index contributed by atoms with van der Waals surface area (Å²) in [7, 11) is 0. The molecule has 5 N–H and O–H groups in total. The number of carbonyl (C=O) groups excluding carboxylic acids is 1. The SMILES string of the molecule is Cc1cc(C#N)cc(C)c1Oc1nc(NC2CCN(c3ccc(N)cc3)CC2)ncc1C(N)=O. The van der Waals surface area contributed by atoms with Crippen molar-refractivity contribution in [1.29, 1.82) is 5.26 Å². The molecule has 0 radical (unpaired) electrons. The second kappa shape index (κ2) is 9.67.